The van der Waals surface area contributed by atoms with Crippen molar-refractivity contribution >= 4 is 51.9 Å². The van der Waals surface area contributed by atoms with Gasteiger partial charge in [-0.3, -0.25) is 20.2 Å². The molecule has 0 spiro atoms. The maximum absolute atomic E-state index is 13.5. The molecule has 0 saturated carbocycles. The van der Waals surface area contributed by atoms with Gasteiger partial charge in [0.2, 0.25) is 0 Å². The number of nitrogens with two attached hydrogens (primary N) is 1. The Labute approximate surface area is 308 Å². The maximum Gasteiger partial charge on any atom is 0.338 e. The van der Waals surface area contributed by atoms with Crippen molar-refractivity contribution in [2.45, 2.75) is 0 Å². The van der Waals surface area contributed by atoms with E-state index in [1.165, 1.54) is 67.0 Å². The van der Waals surface area contributed by atoms with E-state index in [0.29, 0.717) is 38.5 Å². The zero-order chi connectivity index (χ0) is 38.4. The Kier molecular flexibility index (Phi) is 11.3. The van der Waals surface area contributed by atoms with E-state index in [9.17, 15) is 43.7 Å². The van der Waals surface area contributed by atoms with Gasteiger partial charge in [0.05, 0.1) is 44.9 Å². The fourth-order valence-electron chi connectivity index (χ4n) is 5.22. The molecule has 0 unspecified atom stereocenters. The first-order valence-electron chi connectivity index (χ1n) is 15.1. The number of hydrogen-bond donors (Lipinski definition) is 2. The molecule has 0 amide bonds. The Morgan fingerprint density at radius 2 is 1.34 bits per heavy atom. The van der Waals surface area contributed by atoms with Crippen LogP contribution in [-0.4, -0.2) is 44.0 Å². The summed E-state index contributed by atoms with van der Waals surface area (Å²) in [5.41, 5.74) is 8.20. The van der Waals surface area contributed by atoms with Crippen LogP contribution >= 0.6 is 23.6 Å². The van der Waals surface area contributed by atoms with E-state index in [-0.39, 0.29) is 38.6 Å². The number of nitrogens with zero attached hydrogens (tertiary/aromatic N) is 3. The number of esters is 1. The molecule has 0 aliphatic heterocycles. The van der Waals surface area contributed by atoms with Crippen molar-refractivity contribution in [3.63, 3.8) is 0 Å². The maximum atomic E-state index is 13.5. The standard InChI is InChI=1S/C22H12F2N2O4S.C15H12N2O4S/c23-17-8-6-12(10-18(17)24)19-11-31-21(25-19)13-5-7-14(16(9-13)22(27)28)15-3-1-2-4-20(15)26(29)30;1-21-15(18)12-8-9(14(16)22)6-7-10(12)11-4-2-3-5-13(11)17(19)20/h1-11H,(H,27,28);2-8H,1H3,(H2,16,22). The summed E-state index contributed by atoms with van der Waals surface area (Å²) in [5, 5.41) is 34.3. The van der Waals surface area contributed by atoms with Crippen molar-refractivity contribution in [3.05, 3.63) is 157 Å². The molecule has 16 heteroatoms. The van der Waals surface area contributed by atoms with Crippen molar-refractivity contribution < 1.29 is 38.1 Å². The number of aromatic carboxylic acids is 1. The van der Waals surface area contributed by atoms with Crippen molar-refractivity contribution in [1.29, 1.82) is 0 Å². The highest BCUT2D eigenvalue weighted by atomic mass is 32.1. The van der Waals surface area contributed by atoms with Gasteiger partial charge >= 0.3 is 11.9 Å². The lowest BCUT2D eigenvalue weighted by Crippen LogP contribution is -2.12. The van der Waals surface area contributed by atoms with E-state index in [1.54, 1.807) is 47.8 Å². The van der Waals surface area contributed by atoms with Gasteiger partial charge in [0.25, 0.3) is 11.4 Å². The largest absolute Gasteiger partial charge is 0.478 e. The Hall–Kier alpha value is -6.78. The van der Waals surface area contributed by atoms with Crippen LogP contribution in [0.3, 0.4) is 0 Å². The number of nitro benzene ring substituents is 2. The first-order valence-corrected chi connectivity index (χ1v) is 16.4. The monoisotopic (exact) mass is 754 g/mol. The first kappa shape index (κ1) is 37.5. The number of methoxy groups -OCH3 is 1. The molecule has 3 N–H and O–H groups in total. The summed E-state index contributed by atoms with van der Waals surface area (Å²) >= 11 is 6.10. The van der Waals surface area contributed by atoms with Crippen LogP contribution in [0.25, 0.3) is 44.1 Å². The number of carboxylic acid groups (broad SMARTS) is 1. The van der Waals surface area contributed by atoms with Gasteiger partial charge in [-0.05, 0) is 42.5 Å². The molecule has 0 atom stereocenters. The minimum absolute atomic E-state index is 0.101. The number of hydrogen-bond acceptors (Lipinski definition) is 10. The molecule has 53 heavy (non-hydrogen) atoms. The molecule has 6 rings (SSSR count). The average molecular weight is 755 g/mol. The molecule has 12 nitrogen and oxygen atoms in total. The highest BCUT2D eigenvalue weighted by molar-refractivity contribution is 7.80. The van der Waals surface area contributed by atoms with Crippen molar-refractivity contribution in [2.75, 3.05) is 7.11 Å². The summed E-state index contributed by atoms with van der Waals surface area (Å²) in [6.07, 6.45) is 0. The molecule has 5 aromatic carbocycles. The van der Waals surface area contributed by atoms with Crippen molar-refractivity contribution in [2.24, 2.45) is 5.73 Å². The third-order valence-corrected chi connectivity index (χ3v) is 8.83. The zero-order valence-corrected chi connectivity index (χ0v) is 28.8. The second-order valence-electron chi connectivity index (χ2n) is 10.9. The molecule has 1 aromatic heterocycles. The molecule has 0 aliphatic rings. The van der Waals surface area contributed by atoms with Crippen LogP contribution in [0.2, 0.25) is 0 Å². The number of benzene rings is 5. The smallest absolute Gasteiger partial charge is 0.338 e. The lowest BCUT2D eigenvalue weighted by atomic mass is 9.96. The molecule has 0 aliphatic carbocycles. The molecular formula is C37H24F2N4O8S2. The molecule has 0 radical (unpaired) electrons. The summed E-state index contributed by atoms with van der Waals surface area (Å²) in [6.45, 7) is 0. The molecule has 0 fully saturated rings. The fourth-order valence-corrected chi connectivity index (χ4v) is 6.17. The normalized spacial score (nSPS) is 10.5. The number of thiocarbonyl (C=S) groups is 1. The van der Waals surface area contributed by atoms with E-state index >= 15 is 0 Å². The van der Waals surface area contributed by atoms with Crippen LogP contribution in [0.4, 0.5) is 20.2 Å². The summed E-state index contributed by atoms with van der Waals surface area (Å²) in [4.78, 5) is 49.9. The van der Waals surface area contributed by atoms with Gasteiger partial charge in [-0.2, -0.15) is 0 Å². The quantitative estimate of drug-likeness (QED) is 0.0622. The summed E-state index contributed by atoms with van der Waals surface area (Å²) in [7, 11) is 1.24. The number of carbonyl (C=O) groups excluding carboxylic acids is 1. The molecule has 6 aromatic rings. The van der Waals surface area contributed by atoms with Crippen LogP contribution in [0.5, 0.6) is 0 Å². The summed E-state index contributed by atoms with van der Waals surface area (Å²) in [6, 6.07) is 24.7. The number of halogens is 2. The number of thiazole rings is 1. The molecular weight excluding hydrogens is 731 g/mol. The highest BCUT2D eigenvalue weighted by Crippen LogP contribution is 2.37. The van der Waals surface area contributed by atoms with Crippen molar-refractivity contribution in [3.8, 4) is 44.1 Å². The van der Waals surface area contributed by atoms with Crippen LogP contribution in [-0.2, 0) is 4.74 Å². The molecule has 0 bridgehead atoms. The zero-order valence-electron chi connectivity index (χ0n) is 27.2. The minimum atomic E-state index is -1.24. The fraction of sp³-hybridized carbons (Fsp3) is 0.0270. The van der Waals surface area contributed by atoms with Gasteiger partial charge in [-0.15, -0.1) is 11.3 Å². The summed E-state index contributed by atoms with van der Waals surface area (Å²) < 4.78 is 31.4. The van der Waals surface area contributed by atoms with Crippen LogP contribution < -0.4 is 5.73 Å². The lowest BCUT2D eigenvalue weighted by Gasteiger charge is -2.10. The summed E-state index contributed by atoms with van der Waals surface area (Å²) in [5.74, 6) is -3.82. The Morgan fingerprint density at radius 3 is 1.89 bits per heavy atom. The minimum Gasteiger partial charge on any atom is -0.478 e. The van der Waals surface area contributed by atoms with Gasteiger partial charge in [0.1, 0.15) is 10.00 Å². The first-order chi connectivity index (χ1) is 25.3. The Bertz CT molecular complexity index is 2440. The predicted octanol–water partition coefficient (Wildman–Crippen LogP) is 8.71. The van der Waals surface area contributed by atoms with Gasteiger partial charge in [0.15, 0.2) is 11.6 Å². The second-order valence-corrected chi connectivity index (χ2v) is 12.2. The number of ether oxygens (including phenoxy) is 1. The Morgan fingerprint density at radius 1 is 0.774 bits per heavy atom. The Balaban J connectivity index is 0.000000217. The lowest BCUT2D eigenvalue weighted by molar-refractivity contribution is -0.384. The number of nitro groups is 2. The number of para-hydroxylation sites is 2. The third kappa shape index (κ3) is 8.24. The topological polar surface area (TPSA) is 189 Å². The SMILES string of the molecule is COC(=O)c1cc(C(N)=S)ccc1-c1ccccc1[N+](=O)[O-].O=C(O)c1cc(-c2nc(-c3ccc(F)c(F)c3)cs2)ccc1-c1ccccc1[N+](=O)[O-]. The predicted molar refractivity (Wildman–Crippen MR) is 198 cm³/mol. The highest BCUT2D eigenvalue weighted by Gasteiger charge is 2.23. The van der Waals surface area contributed by atoms with E-state index in [0.717, 1.165) is 12.1 Å². The van der Waals surface area contributed by atoms with Gasteiger partial charge in [-0.1, -0.05) is 60.7 Å². The number of rotatable bonds is 9. The number of aromatic nitrogens is 1. The van der Waals surface area contributed by atoms with E-state index in [1.807, 2.05) is 0 Å². The average Bonchev–Trinajstić information content (AvgIpc) is 3.66. The van der Waals surface area contributed by atoms with Gasteiger partial charge in [-0.25, -0.2) is 23.4 Å². The van der Waals surface area contributed by atoms with Gasteiger partial charge in [0, 0.05) is 45.3 Å². The number of carbonyl (C=O) groups is 2. The molecule has 266 valence electrons. The van der Waals surface area contributed by atoms with Crippen LogP contribution in [0.15, 0.2) is 109 Å². The van der Waals surface area contributed by atoms with Crippen LogP contribution in [0.1, 0.15) is 26.3 Å². The van der Waals surface area contributed by atoms with Gasteiger partial charge < -0.3 is 15.6 Å². The van der Waals surface area contributed by atoms with Crippen molar-refractivity contribution in [1.82, 2.24) is 4.98 Å². The van der Waals surface area contributed by atoms with E-state index < -0.39 is 33.4 Å². The van der Waals surface area contributed by atoms with E-state index in [4.69, 9.17) is 22.7 Å². The van der Waals surface area contributed by atoms with E-state index in [2.05, 4.69) is 4.98 Å². The third-order valence-electron chi connectivity index (χ3n) is 7.71. The second kappa shape index (κ2) is 16.1. The van der Waals surface area contributed by atoms with Crippen LogP contribution in [0, 0.1) is 31.9 Å². The molecule has 0 saturated heterocycles. The number of carboxylic acids is 1. The molecule has 1 heterocycles.